The molecule has 30 heavy (non-hydrogen) atoms. The van der Waals surface area contributed by atoms with E-state index in [1.807, 2.05) is 37.4 Å². The largest absolute Gasteiger partial charge is 0.375 e. The molecule has 3 rings (SSSR count). The molecular formula is C22H28FN3O3S. The van der Waals surface area contributed by atoms with Crippen molar-refractivity contribution < 1.29 is 17.6 Å². The van der Waals surface area contributed by atoms with Crippen LogP contribution in [0.5, 0.6) is 0 Å². The molecule has 0 atom stereocenters. The molecule has 1 saturated heterocycles. The van der Waals surface area contributed by atoms with Gasteiger partial charge in [0.25, 0.3) is 0 Å². The summed E-state index contributed by atoms with van der Waals surface area (Å²) in [5.41, 5.74) is 1.14. The van der Waals surface area contributed by atoms with Gasteiger partial charge >= 0.3 is 0 Å². The van der Waals surface area contributed by atoms with Gasteiger partial charge in [0.15, 0.2) is 0 Å². The third kappa shape index (κ3) is 5.58. The number of sulfonamides is 1. The van der Waals surface area contributed by atoms with Crippen LogP contribution in [0.2, 0.25) is 0 Å². The predicted octanol–water partition coefficient (Wildman–Crippen LogP) is 2.87. The lowest BCUT2D eigenvalue weighted by Crippen LogP contribution is -2.43. The lowest BCUT2D eigenvalue weighted by molar-refractivity contribution is -0.126. The number of piperidine rings is 1. The molecule has 0 radical (unpaired) electrons. The number of nitrogens with zero attached hydrogens (tertiary/aromatic N) is 2. The SMILES string of the molecule is CN(CCCNC(=O)C1CCN(S(=O)(=O)c2ccc(F)cc2)CC1)c1ccccc1. The van der Waals surface area contributed by atoms with Crippen molar-refractivity contribution in [3.63, 3.8) is 0 Å². The van der Waals surface area contributed by atoms with Gasteiger partial charge in [0.05, 0.1) is 4.90 Å². The number of anilines is 1. The highest BCUT2D eigenvalue weighted by atomic mass is 32.2. The molecule has 1 fully saturated rings. The van der Waals surface area contributed by atoms with Crippen molar-refractivity contribution in [1.29, 1.82) is 0 Å². The fourth-order valence-electron chi connectivity index (χ4n) is 3.60. The summed E-state index contributed by atoms with van der Waals surface area (Å²) in [4.78, 5) is 14.7. The van der Waals surface area contributed by atoms with E-state index in [0.717, 1.165) is 30.8 Å². The topological polar surface area (TPSA) is 69.7 Å². The van der Waals surface area contributed by atoms with E-state index in [-0.39, 0.29) is 29.8 Å². The van der Waals surface area contributed by atoms with Crippen LogP contribution in [0.3, 0.4) is 0 Å². The van der Waals surface area contributed by atoms with Gasteiger partial charge in [-0.25, -0.2) is 12.8 Å². The average molecular weight is 434 g/mol. The van der Waals surface area contributed by atoms with Crippen LogP contribution in [0.1, 0.15) is 19.3 Å². The molecule has 162 valence electrons. The number of carbonyl (C=O) groups is 1. The molecule has 0 bridgehead atoms. The van der Waals surface area contributed by atoms with E-state index in [1.165, 1.54) is 16.4 Å². The highest BCUT2D eigenvalue weighted by Gasteiger charge is 2.31. The lowest BCUT2D eigenvalue weighted by atomic mass is 9.97. The van der Waals surface area contributed by atoms with Crippen LogP contribution >= 0.6 is 0 Å². The quantitative estimate of drug-likeness (QED) is 0.650. The van der Waals surface area contributed by atoms with Gasteiger partial charge in [0.2, 0.25) is 15.9 Å². The Morgan fingerprint density at radius 1 is 1.10 bits per heavy atom. The number of carbonyl (C=O) groups excluding carboxylic acids is 1. The first kappa shape index (κ1) is 22.2. The van der Waals surface area contributed by atoms with E-state index in [9.17, 15) is 17.6 Å². The predicted molar refractivity (Wildman–Crippen MR) is 115 cm³/mol. The standard InChI is InChI=1S/C22H28FN3O3S/c1-25(20-6-3-2-4-7-20)15-5-14-24-22(27)18-12-16-26(17-13-18)30(28,29)21-10-8-19(23)9-11-21/h2-4,6-11,18H,5,12-17H2,1H3,(H,24,27). The van der Waals surface area contributed by atoms with Gasteiger partial charge in [-0.15, -0.1) is 0 Å². The van der Waals surface area contributed by atoms with Crippen molar-refractivity contribution in [2.24, 2.45) is 5.92 Å². The molecule has 0 aliphatic carbocycles. The molecule has 0 spiro atoms. The zero-order valence-corrected chi connectivity index (χ0v) is 17.9. The van der Waals surface area contributed by atoms with Crippen molar-refractivity contribution in [3.05, 3.63) is 60.4 Å². The van der Waals surface area contributed by atoms with E-state index in [1.54, 1.807) is 0 Å². The summed E-state index contributed by atoms with van der Waals surface area (Å²) in [6, 6.07) is 14.9. The van der Waals surface area contributed by atoms with E-state index >= 15 is 0 Å². The lowest BCUT2D eigenvalue weighted by Gasteiger charge is -2.30. The Morgan fingerprint density at radius 2 is 1.73 bits per heavy atom. The molecule has 2 aromatic rings. The van der Waals surface area contributed by atoms with Crippen molar-refractivity contribution in [2.75, 3.05) is 38.1 Å². The summed E-state index contributed by atoms with van der Waals surface area (Å²) in [6.07, 6.45) is 1.79. The first-order valence-electron chi connectivity index (χ1n) is 10.2. The number of hydrogen-bond acceptors (Lipinski definition) is 4. The number of para-hydroxylation sites is 1. The molecule has 2 aromatic carbocycles. The Hall–Kier alpha value is -2.45. The van der Waals surface area contributed by atoms with Crippen molar-refractivity contribution in [3.8, 4) is 0 Å². The molecule has 1 amide bonds. The monoisotopic (exact) mass is 433 g/mol. The highest BCUT2D eigenvalue weighted by molar-refractivity contribution is 7.89. The molecular weight excluding hydrogens is 405 g/mol. The molecule has 1 aliphatic heterocycles. The number of nitrogens with one attached hydrogen (secondary N) is 1. The number of hydrogen-bond donors (Lipinski definition) is 1. The minimum absolute atomic E-state index is 0.0174. The number of amides is 1. The minimum atomic E-state index is -3.66. The first-order valence-corrected chi connectivity index (χ1v) is 11.6. The van der Waals surface area contributed by atoms with Gasteiger partial charge < -0.3 is 10.2 Å². The normalized spacial score (nSPS) is 15.7. The van der Waals surface area contributed by atoms with Crippen LogP contribution in [-0.2, 0) is 14.8 Å². The van der Waals surface area contributed by atoms with Gasteiger partial charge in [-0.05, 0) is 55.7 Å². The van der Waals surface area contributed by atoms with Gasteiger partial charge in [-0.3, -0.25) is 4.79 Å². The third-order valence-corrected chi connectivity index (χ3v) is 7.36. The van der Waals surface area contributed by atoms with Crippen molar-refractivity contribution >= 4 is 21.6 Å². The Morgan fingerprint density at radius 3 is 2.37 bits per heavy atom. The molecule has 0 unspecified atom stereocenters. The molecule has 1 N–H and O–H groups in total. The Bertz CT molecular complexity index is 928. The molecule has 1 aliphatic rings. The summed E-state index contributed by atoms with van der Waals surface area (Å²) < 4.78 is 39.8. The first-order chi connectivity index (χ1) is 14.4. The second-order valence-electron chi connectivity index (χ2n) is 7.53. The number of benzene rings is 2. The maximum Gasteiger partial charge on any atom is 0.243 e. The maximum absolute atomic E-state index is 13.1. The van der Waals surface area contributed by atoms with Gasteiger partial charge in [0.1, 0.15) is 5.82 Å². The summed E-state index contributed by atoms with van der Waals surface area (Å²) in [7, 11) is -1.63. The second-order valence-corrected chi connectivity index (χ2v) is 9.47. The van der Waals surface area contributed by atoms with Crippen LogP contribution < -0.4 is 10.2 Å². The zero-order valence-electron chi connectivity index (χ0n) is 17.1. The van der Waals surface area contributed by atoms with E-state index < -0.39 is 15.8 Å². The number of rotatable bonds is 8. The Labute approximate surface area is 177 Å². The van der Waals surface area contributed by atoms with Crippen LogP contribution in [-0.4, -0.2) is 51.9 Å². The molecule has 8 heteroatoms. The van der Waals surface area contributed by atoms with Crippen LogP contribution in [0.25, 0.3) is 0 Å². The second kappa shape index (κ2) is 10.0. The average Bonchev–Trinajstić information content (AvgIpc) is 2.77. The van der Waals surface area contributed by atoms with Crippen LogP contribution in [0, 0.1) is 11.7 Å². The van der Waals surface area contributed by atoms with Crippen LogP contribution in [0.4, 0.5) is 10.1 Å². The summed E-state index contributed by atoms with van der Waals surface area (Å²) in [6.45, 7) is 1.99. The van der Waals surface area contributed by atoms with Gasteiger partial charge in [0, 0.05) is 44.8 Å². The Kier molecular flexibility index (Phi) is 7.44. The molecule has 0 aromatic heterocycles. The van der Waals surface area contributed by atoms with Crippen molar-refractivity contribution in [1.82, 2.24) is 9.62 Å². The maximum atomic E-state index is 13.1. The fourth-order valence-corrected chi connectivity index (χ4v) is 5.07. The van der Waals surface area contributed by atoms with E-state index in [2.05, 4.69) is 10.2 Å². The smallest absolute Gasteiger partial charge is 0.243 e. The summed E-state index contributed by atoms with van der Waals surface area (Å²) >= 11 is 0. The van der Waals surface area contributed by atoms with Crippen LogP contribution in [0.15, 0.2) is 59.5 Å². The van der Waals surface area contributed by atoms with Gasteiger partial charge in [-0.2, -0.15) is 4.31 Å². The van der Waals surface area contributed by atoms with Crippen molar-refractivity contribution in [2.45, 2.75) is 24.2 Å². The highest BCUT2D eigenvalue weighted by Crippen LogP contribution is 2.24. The summed E-state index contributed by atoms with van der Waals surface area (Å²) in [5, 5.41) is 2.98. The number of halogens is 1. The fraction of sp³-hybridized carbons (Fsp3) is 0.409. The third-order valence-electron chi connectivity index (χ3n) is 5.44. The molecule has 6 nitrogen and oxygen atoms in total. The zero-order chi connectivity index (χ0) is 21.6. The Balaban J connectivity index is 1.41. The van der Waals surface area contributed by atoms with E-state index in [4.69, 9.17) is 0 Å². The summed E-state index contributed by atoms with van der Waals surface area (Å²) in [5.74, 6) is -0.674. The van der Waals surface area contributed by atoms with E-state index in [0.29, 0.717) is 19.4 Å². The van der Waals surface area contributed by atoms with Gasteiger partial charge in [-0.1, -0.05) is 18.2 Å². The minimum Gasteiger partial charge on any atom is -0.375 e. The molecule has 0 saturated carbocycles. The molecule has 1 heterocycles.